The number of halogens is 1. The Kier molecular flexibility index (Phi) is 2.87. The lowest BCUT2D eigenvalue weighted by Gasteiger charge is -2.32. The van der Waals surface area contributed by atoms with Crippen molar-refractivity contribution < 1.29 is 19.8 Å². The predicted octanol–water partition coefficient (Wildman–Crippen LogP) is 0.748. The summed E-state index contributed by atoms with van der Waals surface area (Å²) in [7, 11) is 0. The van der Waals surface area contributed by atoms with Gasteiger partial charge in [0.15, 0.2) is 5.41 Å². The van der Waals surface area contributed by atoms with Crippen molar-refractivity contribution >= 4 is 24.3 Å². The molecule has 0 heterocycles. The van der Waals surface area contributed by atoms with Crippen LogP contribution in [0, 0.1) is 5.41 Å². The van der Waals surface area contributed by atoms with Crippen LogP contribution < -0.4 is 0 Å². The highest BCUT2D eigenvalue weighted by Crippen LogP contribution is 2.41. The van der Waals surface area contributed by atoms with Gasteiger partial charge in [0, 0.05) is 0 Å². The van der Waals surface area contributed by atoms with Crippen molar-refractivity contribution in [1.82, 2.24) is 0 Å². The molecular formula is C6H9ClO4. The zero-order chi connectivity index (χ0) is 7.78. The van der Waals surface area contributed by atoms with E-state index in [4.69, 9.17) is 10.2 Å². The standard InChI is InChI=1S/C6H8O4.ClH/c7-4(8)6(5(9)10)2-1-3-6;/h1-3H2,(H,7,8)(H,9,10);1H. The van der Waals surface area contributed by atoms with Gasteiger partial charge >= 0.3 is 11.9 Å². The van der Waals surface area contributed by atoms with E-state index < -0.39 is 17.4 Å². The van der Waals surface area contributed by atoms with E-state index in [1.54, 1.807) is 0 Å². The zero-order valence-electron chi connectivity index (χ0n) is 5.74. The fourth-order valence-corrected chi connectivity index (χ4v) is 1.05. The van der Waals surface area contributed by atoms with Gasteiger partial charge in [-0.1, -0.05) is 0 Å². The third kappa shape index (κ3) is 1.30. The van der Waals surface area contributed by atoms with Crippen molar-refractivity contribution in [3.63, 3.8) is 0 Å². The Balaban J connectivity index is 0.000001000. The van der Waals surface area contributed by atoms with Gasteiger partial charge in [0.2, 0.25) is 0 Å². The molecule has 0 amide bonds. The molecule has 0 radical (unpaired) electrons. The van der Waals surface area contributed by atoms with Crippen molar-refractivity contribution in [1.29, 1.82) is 0 Å². The summed E-state index contributed by atoms with van der Waals surface area (Å²) in [5.41, 5.74) is -1.44. The number of carboxylic acids is 2. The summed E-state index contributed by atoms with van der Waals surface area (Å²) in [6, 6.07) is 0. The van der Waals surface area contributed by atoms with Gasteiger partial charge in [-0.2, -0.15) is 0 Å². The van der Waals surface area contributed by atoms with E-state index in [0.717, 1.165) is 0 Å². The fraction of sp³-hybridized carbons (Fsp3) is 0.667. The maximum atomic E-state index is 10.4. The highest BCUT2D eigenvalue weighted by molar-refractivity contribution is 5.99. The number of hydrogen-bond donors (Lipinski definition) is 2. The molecule has 64 valence electrons. The van der Waals surface area contributed by atoms with Gasteiger partial charge in [-0.3, -0.25) is 9.59 Å². The minimum atomic E-state index is -1.44. The van der Waals surface area contributed by atoms with Crippen molar-refractivity contribution in [2.75, 3.05) is 0 Å². The first kappa shape index (κ1) is 10.2. The highest BCUT2D eigenvalue weighted by atomic mass is 35.5. The molecule has 0 aliphatic heterocycles. The largest absolute Gasteiger partial charge is 0.480 e. The molecule has 0 bridgehead atoms. The lowest BCUT2D eigenvalue weighted by atomic mass is 9.69. The summed E-state index contributed by atoms with van der Waals surface area (Å²) in [5.74, 6) is -2.41. The first-order valence-corrected chi connectivity index (χ1v) is 3.06. The van der Waals surface area contributed by atoms with Crippen LogP contribution >= 0.6 is 12.4 Å². The Morgan fingerprint density at radius 3 is 1.45 bits per heavy atom. The van der Waals surface area contributed by atoms with E-state index in [0.29, 0.717) is 6.42 Å². The molecule has 1 saturated carbocycles. The second kappa shape index (κ2) is 3.09. The molecule has 4 nitrogen and oxygen atoms in total. The molecule has 11 heavy (non-hydrogen) atoms. The molecule has 1 aliphatic carbocycles. The van der Waals surface area contributed by atoms with Crippen molar-refractivity contribution in [2.45, 2.75) is 19.3 Å². The van der Waals surface area contributed by atoms with Crippen molar-refractivity contribution in [2.24, 2.45) is 5.41 Å². The molecule has 0 unspecified atom stereocenters. The van der Waals surface area contributed by atoms with Crippen molar-refractivity contribution in [3.05, 3.63) is 0 Å². The quantitative estimate of drug-likeness (QED) is 0.615. The summed E-state index contributed by atoms with van der Waals surface area (Å²) in [6.07, 6.45) is 1.26. The van der Waals surface area contributed by atoms with Crippen LogP contribution in [-0.4, -0.2) is 22.2 Å². The average Bonchev–Trinajstić information content (AvgIpc) is 1.57. The second-order valence-corrected chi connectivity index (χ2v) is 2.55. The fourth-order valence-electron chi connectivity index (χ4n) is 1.05. The minimum absolute atomic E-state index is 0. The summed E-state index contributed by atoms with van der Waals surface area (Å²) in [5, 5.41) is 16.9. The molecular weight excluding hydrogens is 172 g/mol. The topological polar surface area (TPSA) is 74.6 Å². The second-order valence-electron chi connectivity index (χ2n) is 2.55. The molecule has 0 atom stereocenters. The number of rotatable bonds is 2. The molecule has 0 aromatic rings. The number of hydrogen-bond acceptors (Lipinski definition) is 2. The molecule has 0 aromatic carbocycles. The van der Waals surface area contributed by atoms with Crippen LogP contribution in [-0.2, 0) is 9.59 Å². The maximum absolute atomic E-state index is 10.4. The molecule has 1 rings (SSSR count). The SMILES string of the molecule is Cl.O=C(O)C1(C(=O)O)CCC1. The molecule has 0 aromatic heterocycles. The van der Waals surface area contributed by atoms with Gasteiger partial charge < -0.3 is 10.2 Å². The summed E-state index contributed by atoms with van der Waals surface area (Å²) >= 11 is 0. The van der Waals surface area contributed by atoms with Crippen LogP contribution in [0.3, 0.4) is 0 Å². The Morgan fingerprint density at radius 2 is 1.45 bits per heavy atom. The average molecular weight is 181 g/mol. The van der Waals surface area contributed by atoms with E-state index in [9.17, 15) is 9.59 Å². The number of carbonyl (C=O) groups is 2. The lowest BCUT2D eigenvalue weighted by molar-refractivity contribution is -0.171. The third-order valence-electron chi connectivity index (χ3n) is 2.03. The van der Waals surface area contributed by atoms with Gasteiger partial charge in [0.1, 0.15) is 0 Å². The Hall–Kier alpha value is -0.770. The van der Waals surface area contributed by atoms with Gasteiger partial charge in [-0.15, -0.1) is 12.4 Å². The Morgan fingerprint density at radius 1 is 1.09 bits per heavy atom. The monoisotopic (exact) mass is 180 g/mol. The first-order chi connectivity index (χ1) is 4.59. The van der Waals surface area contributed by atoms with E-state index in [2.05, 4.69) is 0 Å². The van der Waals surface area contributed by atoms with Crippen LogP contribution in [0.1, 0.15) is 19.3 Å². The molecule has 0 saturated heterocycles. The van der Waals surface area contributed by atoms with Gasteiger partial charge in [-0.25, -0.2) is 0 Å². The summed E-state index contributed by atoms with van der Waals surface area (Å²) in [6.45, 7) is 0. The van der Waals surface area contributed by atoms with Crippen LogP contribution in [0.5, 0.6) is 0 Å². The van der Waals surface area contributed by atoms with Gasteiger partial charge in [-0.05, 0) is 19.3 Å². The molecule has 2 N–H and O–H groups in total. The normalized spacial score (nSPS) is 19.3. The van der Waals surface area contributed by atoms with Crippen LogP contribution in [0.2, 0.25) is 0 Å². The van der Waals surface area contributed by atoms with Gasteiger partial charge in [0.05, 0.1) is 0 Å². The number of aliphatic carboxylic acids is 2. The van der Waals surface area contributed by atoms with Crippen LogP contribution in [0.25, 0.3) is 0 Å². The Bertz CT molecular complexity index is 169. The molecule has 1 fully saturated rings. The first-order valence-electron chi connectivity index (χ1n) is 3.06. The summed E-state index contributed by atoms with van der Waals surface area (Å²) < 4.78 is 0. The maximum Gasteiger partial charge on any atom is 0.321 e. The minimum Gasteiger partial charge on any atom is -0.480 e. The van der Waals surface area contributed by atoms with Gasteiger partial charge in [0.25, 0.3) is 0 Å². The summed E-state index contributed by atoms with van der Waals surface area (Å²) in [4.78, 5) is 20.7. The Labute approximate surface area is 69.6 Å². The molecule has 0 spiro atoms. The highest BCUT2D eigenvalue weighted by Gasteiger charge is 2.51. The third-order valence-corrected chi connectivity index (χ3v) is 2.03. The van der Waals surface area contributed by atoms with Crippen molar-refractivity contribution in [3.8, 4) is 0 Å². The van der Waals surface area contributed by atoms with Crippen LogP contribution in [0.4, 0.5) is 0 Å². The smallest absolute Gasteiger partial charge is 0.321 e. The number of carboxylic acid groups (broad SMARTS) is 2. The molecule has 1 aliphatic rings. The van der Waals surface area contributed by atoms with E-state index in [1.165, 1.54) is 0 Å². The van der Waals surface area contributed by atoms with E-state index in [-0.39, 0.29) is 25.2 Å². The van der Waals surface area contributed by atoms with E-state index in [1.807, 2.05) is 0 Å². The predicted molar refractivity (Wildman–Crippen MR) is 38.8 cm³/mol. The lowest BCUT2D eigenvalue weighted by Crippen LogP contribution is -2.44. The van der Waals surface area contributed by atoms with E-state index >= 15 is 0 Å². The van der Waals surface area contributed by atoms with Crippen LogP contribution in [0.15, 0.2) is 0 Å². The molecule has 5 heteroatoms. The zero-order valence-corrected chi connectivity index (χ0v) is 6.56.